The molecular weight excluding hydrogens is 238 g/mol. The van der Waals surface area contributed by atoms with Crippen LogP contribution in [0.25, 0.3) is 0 Å². The van der Waals surface area contributed by atoms with Crippen LogP contribution in [0.5, 0.6) is 0 Å². The van der Waals surface area contributed by atoms with Gasteiger partial charge in [-0.05, 0) is 18.6 Å². The van der Waals surface area contributed by atoms with Crippen molar-refractivity contribution < 1.29 is 13.7 Å². The molecule has 94 valence electrons. The van der Waals surface area contributed by atoms with Gasteiger partial charge in [0, 0.05) is 22.2 Å². The van der Waals surface area contributed by atoms with Crippen LogP contribution < -0.4 is 0 Å². The number of esters is 1. The van der Waals surface area contributed by atoms with Crippen molar-refractivity contribution in [1.82, 2.24) is 4.98 Å². The van der Waals surface area contributed by atoms with Crippen LogP contribution in [0.1, 0.15) is 24.6 Å². The normalized spacial score (nSPS) is 14.1. The molecule has 0 radical (unpaired) electrons. The van der Waals surface area contributed by atoms with Crippen molar-refractivity contribution in [1.29, 1.82) is 0 Å². The zero-order chi connectivity index (χ0) is 12.8. The van der Waals surface area contributed by atoms with Gasteiger partial charge in [0.25, 0.3) is 0 Å². The maximum absolute atomic E-state index is 12.0. The monoisotopic (exact) mass is 255 g/mol. The van der Waals surface area contributed by atoms with Crippen LogP contribution >= 0.6 is 0 Å². The fourth-order valence-corrected chi connectivity index (χ4v) is 2.54. The predicted molar refractivity (Wildman–Crippen MR) is 66.9 cm³/mol. The van der Waals surface area contributed by atoms with Crippen LogP contribution in [0.2, 0.25) is 0 Å². The number of methoxy groups -OCH3 is 1. The van der Waals surface area contributed by atoms with Crippen LogP contribution in [0.4, 0.5) is 0 Å². The number of rotatable bonds is 5. The van der Waals surface area contributed by atoms with Gasteiger partial charge in [-0.1, -0.05) is 13.0 Å². The molecule has 0 saturated carbocycles. The van der Waals surface area contributed by atoms with Gasteiger partial charge in [-0.3, -0.25) is 14.0 Å². The highest BCUT2D eigenvalue weighted by Gasteiger charge is 2.17. The van der Waals surface area contributed by atoms with Crippen molar-refractivity contribution in [2.24, 2.45) is 0 Å². The molecular formula is C12H17NO3S. The van der Waals surface area contributed by atoms with E-state index in [2.05, 4.69) is 9.72 Å². The molecule has 0 N–H and O–H groups in total. The standard InChI is InChI=1S/C12H17NO3S/c1-9-5-4-6-13-11(9)8-17(15)10(2)7-12(14)16-3/h4-6,10H,7-8H2,1-3H3. The van der Waals surface area contributed by atoms with E-state index in [-0.39, 0.29) is 17.6 Å². The first kappa shape index (κ1) is 13.8. The highest BCUT2D eigenvalue weighted by molar-refractivity contribution is 7.84. The van der Waals surface area contributed by atoms with Crippen LogP contribution in [-0.4, -0.2) is 27.5 Å². The Bertz CT molecular complexity index is 420. The van der Waals surface area contributed by atoms with Gasteiger partial charge >= 0.3 is 5.97 Å². The quantitative estimate of drug-likeness (QED) is 0.750. The number of aromatic nitrogens is 1. The minimum atomic E-state index is -1.11. The summed E-state index contributed by atoms with van der Waals surface area (Å²) in [6.45, 7) is 3.72. The van der Waals surface area contributed by atoms with Gasteiger partial charge < -0.3 is 4.74 Å². The topological polar surface area (TPSA) is 56.3 Å². The van der Waals surface area contributed by atoms with Gasteiger partial charge in [0.15, 0.2) is 0 Å². The van der Waals surface area contributed by atoms with Gasteiger partial charge in [0.1, 0.15) is 0 Å². The molecule has 2 atom stereocenters. The smallest absolute Gasteiger partial charge is 0.306 e. The molecule has 0 aliphatic heterocycles. The maximum atomic E-state index is 12.0. The van der Waals surface area contributed by atoms with Crippen molar-refractivity contribution in [2.45, 2.75) is 31.3 Å². The molecule has 0 aromatic carbocycles. The molecule has 0 aliphatic rings. The SMILES string of the molecule is COC(=O)CC(C)S(=O)Cc1ncccc1C. The van der Waals surface area contributed by atoms with E-state index in [0.717, 1.165) is 11.3 Å². The number of carbonyl (C=O) groups excluding carboxylic acids is 1. The van der Waals surface area contributed by atoms with Crippen LogP contribution in [0, 0.1) is 6.92 Å². The second kappa shape index (κ2) is 6.49. The second-order valence-corrected chi connectivity index (χ2v) is 5.74. The van der Waals surface area contributed by atoms with E-state index in [4.69, 9.17) is 0 Å². The molecule has 5 heteroatoms. The number of hydrogen-bond acceptors (Lipinski definition) is 4. The summed E-state index contributed by atoms with van der Waals surface area (Å²) in [5.41, 5.74) is 1.84. The first-order chi connectivity index (χ1) is 8.04. The predicted octanol–water partition coefficient (Wildman–Crippen LogP) is 1.59. The summed E-state index contributed by atoms with van der Waals surface area (Å²) in [5.74, 6) is 0.0498. The third kappa shape index (κ3) is 4.26. The molecule has 0 aliphatic carbocycles. The summed E-state index contributed by atoms with van der Waals surface area (Å²) in [4.78, 5) is 15.3. The van der Waals surface area contributed by atoms with Crippen molar-refractivity contribution >= 4 is 16.8 Å². The molecule has 0 amide bonds. The van der Waals surface area contributed by atoms with E-state index in [1.54, 1.807) is 13.1 Å². The third-order valence-electron chi connectivity index (χ3n) is 2.53. The molecule has 2 unspecified atom stereocenters. The number of carbonyl (C=O) groups is 1. The Morgan fingerprint density at radius 1 is 1.59 bits per heavy atom. The van der Waals surface area contributed by atoms with Gasteiger partial charge in [-0.2, -0.15) is 0 Å². The van der Waals surface area contributed by atoms with Crippen LogP contribution in [-0.2, 0) is 26.1 Å². The minimum absolute atomic E-state index is 0.176. The summed E-state index contributed by atoms with van der Waals surface area (Å²) in [6.07, 6.45) is 1.86. The Labute approximate surface area is 104 Å². The largest absolute Gasteiger partial charge is 0.469 e. The van der Waals surface area contributed by atoms with Crippen molar-refractivity contribution in [2.75, 3.05) is 7.11 Å². The highest BCUT2D eigenvalue weighted by Crippen LogP contribution is 2.11. The molecule has 0 fully saturated rings. The Kier molecular flexibility index (Phi) is 5.28. The maximum Gasteiger partial charge on any atom is 0.306 e. The molecule has 1 aromatic heterocycles. The summed E-state index contributed by atoms with van der Waals surface area (Å²) in [6, 6.07) is 3.78. The van der Waals surface area contributed by atoms with Crippen LogP contribution in [0.15, 0.2) is 18.3 Å². The highest BCUT2D eigenvalue weighted by atomic mass is 32.2. The Balaban J connectivity index is 2.60. The van der Waals surface area contributed by atoms with E-state index >= 15 is 0 Å². The average molecular weight is 255 g/mol. The summed E-state index contributed by atoms with van der Waals surface area (Å²) < 4.78 is 16.5. The van der Waals surface area contributed by atoms with Crippen LogP contribution in [0.3, 0.4) is 0 Å². The van der Waals surface area contributed by atoms with Crippen molar-refractivity contribution in [3.63, 3.8) is 0 Å². The molecule has 1 rings (SSSR count). The summed E-state index contributed by atoms with van der Waals surface area (Å²) >= 11 is 0. The van der Waals surface area contributed by atoms with E-state index in [1.165, 1.54) is 7.11 Å². The fourth-order valence-electron chi connectivity index (χ4n) is 1.36. The molecule has 4 nitrogen and oxygen atoms in total. The number of ether oxygens (including phenoxy) is 1. The molecule has 1 aromatic rings. The zero-order valence-electron chi connectivity index (χ0n) is 10.3. The number of pyridine rings is 1. The van der Waals surface area contributed by atoms with E-state index in [0.29, 0.717) is 5.75 Å². The lowest BCUT2D eigenvalue weighted by molar-refractivity contribution is -0.140. The summed E-state index contributed by atoms with van der Waals surface area (Å²) in [5, 5.41) is -0.219. The lowest BCUT2D eigenvalue weighted by atomic mass is 10.2. The zero-order valence-corrected chi connectivity index (χ0v) is 11.1. The Morgan fingerprint density at radius 2 is 2.29 bits per heavy atom. The van der Waals surface area contributed by atoms with Crippen molar-refractivity contribution in [3.05, 3.63) is 29.6 Å². The van der Waals surface area contributed by atoms with E-state index in [9.17, 15) is 9.00 Å². The Hall–Kier alpha value is -1.23. The molecule has 0 bridgehead atoms. The molecule has 0 saturated heterocycles. The number of aryl methyl sites for hydroxylation is 1. The average Bonchev–Trinajstić information content (AvgIpc) is 2.31. The van der Waals surface area contributed by atoms with E-state index < -0.39 is 10.8 Å². The Morgan fingerprint density at radius 3 is 2.88 bits per heavy atom. The molecule has 1 heterocycles. The molecule has 0 spiro atoms. The lowest BCUT2D eigenvalue weighted by Crippen LogP contribution is -2.18. The lowest BCUT2D eigenvalue weighted by Gasteiger charge is -2.10. The third-order valence-corrected chi connectivity index (χ3v) is 4.15. The van der Waals surface area contributed by atoms with Crippen molar-refractivity contribution in [3.8, 4) is 0 Å². The van der Waals surface area contributed by atoms with Gasteiger partial charge in [-0.25, -0.2) is 0 Å². The van der Waals surface area contributed by atoms with Gasteiger partial charge in [-0.15, -0.1) is 0 Å². The summed E-state index contributed by atoms with van der Waals surface area (Å²) in [7, 11) is 0.223. The fraction of sp³-hybridized carbons (Fsp3) is 0.500. The van der Waals surface area contributed by atoms with E-state index in [1.807, 2.05) is 19.1 Å². The minimum Gasteiger partial charge on any atom is -0.469 e. The molecule has 17 heavy (non-hydrogen) atoms. The number of nitrogens with zero attached hydrogens (tertiary/aromatic N) is 1. The number of hydrogen-bond donors (Lipinski definition) is 0. The van der Waals surface area contributed by atoms with Gasteiger partial charge in [0.05, 0.1) is 25.0 Å². The first-order valence-corrected chi connectivity index (χ1v) is 6.77. The van der Waals surface area contributed by atoms with Gasteiger partial charge in [0.2, 0.25) is 0 Å². The second-order valence-electron chi connectivity index (χ2n) is 3.88. The first-order valence-electron chi connectivity index (χ1n) is 5.39.